The second-order valence-corrected chi connectivity index (χ2v) is 7.88. The summed E-state index contributed by atoms with van der Waals surface area (Å²) in [7, 11) is 0. The van der Waals surface area contributed by atoms with Gasteiger partial charge in [0.1, 0.15) is 5.82 Å². The molecule has 2 fully saturated rings. The highest BCUT2D eigenvalue weighted by Crippen LogP contribution is 2.26. The van der Waals surface area contributed by atoms with Gasteiger partial charge in [-0.25, -0.2) is 4.39 Å². The largest absolute Gasteiger partial charge is 0.396 e. The molecule has 1 saturated heterocycles. The van der Waals surface area contributed by atoms with Gasteiger partial charge in [-0.15, -0.1) is 0 Å². The van der Waals surface area contributed by atoms with Crippen LogP contribution in [0.4, 0.5) is 4.39 Å². The fourth-order valence-electron chi connectivity index (χ4n) is 4.40. The predicted octanol–water partition coefficient (Wildman–Crippen LogP) is 3.79. The van der Waals surface area contributed by atoms with Gasteiger partial charge in [0.2, 0.25) is 0 Å². The maximum Gasteiger partial charge on any atom is 0.123 e. The molecule has 4 heteroatoms. The van der Waals surface area contributed by atoms with Crippen molar-refractivity contribution in [1.29, 1.82) is 0 Å². The second-order valence-electron chi connectivity index (χ2n) is 7.88. The van der Waals surface area contributed by atoms with Crippen molar-refractivity contribution in [3.63, 3.8) is 0 Å². The van der Waals surface area contributed by atoms with Crippen LogP contribution in [0.25, 0.3) is 6.08 Å². The third-order valence-corrected chi connectivity index (χ3v) is 5.91. The average Bonchev–Trinajstić information content (AvgIpc) is 2.66. The summed E-state index contributed by atoms with van der Waals surface area (Å²) < 4.78 is 13.0. The van der Waals surface area contributed by atoms with Crippen LogP contribution in [0.15, 0.2) is 30.3 Å². The number of nitrogens with zero attached hydrogens (tertiary/aromatic N) is 2. The molecule has 144 valence electrons. The lowest BCUT2D eigenvalue weighted by Crippen LogP contribution is -2.54. The lowest BCUT2D eigenvalue weighted by atomic mass is 9.88. The fourth-order valence-corrected chi connectivity index (χ4v) is 4.40. The smallest absolute Gasteiger partial charge is 0.123 e. The van der Waals surface area contributed by atoms with Gasteiger partial charge in [0.15, 0.2) is 0 Å². The van der Waals surface area contributed by atoms with E-state index in [1.165, 1.54) is 50.8 Å². The molecule has 1 heterocycles. The SMILES string of the molecule is OCCC1CN(C/C=C/c2ccc(F)cc2)CCN1CC1CCCCC1. The van der Waals surface area contributed by atoms with Crippen molar-refractivity contribution in [3.05, 3.63) is 41.7 Å². The predicted molar refractivity (Wildman–Crippen MR) is 106 cm³/mol. The van der Waals surface area contributed by atoms with Crippen molar-refractivity contribution in [3.8, 4) is 0 Å². The molecule has 0 bridgehead atoms. The zero-order valence-electron chi connectivity index (χ0n) is 15.8. The van der Waals surface area contributed by atoms with Crippen LogP contribution in [0.5, 0.6) is 0 Å². The van der Waals surface area contributed by atoms with Gasteiger partial charge in [0, 0.05) is 45.4 Å². The first-order valence-electron chi connectivity index (χ1n) is 10.2. The molecule has 3 rings (SSSR count). The Morgan fingerprint density at radius 3 is 2.58 bits per heavy atom. The maximum atomic E-state index is 13.0. The Labute approximate surface area is 157 Å². The van der Waals surface area contributed by atoms with Crippen LogP contribution in [0.2, 0.25) is 0 Å². The molecule has 0 radical (unpaired) electrons. The van der Waals surface area contributed by atoms with E-state index in [1.54, 1.807) is 0 Å². The highest BCUT2D eigenvalue weighted by molar-refractivity contribution is 5.48. The van der Waals surface area contributed by atoms with Crippen LogP contribution in [0.1, 0.15) is 44.1 Å². The number of benzene rings is 1. The van der Waals surface area contributed by atoms with Gasteiger partial charge in [0.25, 0.3) is 0 Å². The molecule has 0 amide bonds. The zero-order valence-corrected chi connectivity index (χ0v) is 15.8. The summed E-state index contributed by atoms with van der Waals surface area (Å²) in [4.78, 5) is 5.10. The number of hydrogen-bond acceptors (Lipinski definition) is 3. The van der Waals surface area contributed by atoms with E-state index in [0.717, 1.165) is 44.1 Å². The van der Waals surface area contributed by atoms with E-state index in [-0.39, 0.29) is 12.4 Å². The number of aliphatic hydroxyl groups excluding tert-OH is 1. The minimum atomic E-state index is -0.192. The van der Waals surface area contributed by atoms with E-state index in [0.29, 0.717) is 6.04 Å². The monoisotopic (exact) mass is 360 g/mol. The Kier molecular flexibility index (Phi) is 7.66. The average molecular weight is 361 g/mol. The quantitative estimate of drug-likeness (QED) is 0.801. The Morgan fingerprint density at radius 1 is 1.08 bits per heavy atom. The van der Waals surface area contributed by atoms with Gasteiger partial charge in [-0.3, -0.25) is 9.80 Å². The van der Waals surface area contributed by atoms with Crippen LogP contribution < -0.4 is 0 Å². The first kappa shape index (κ1) is 19.5. The van der Waals surface area contributed by atoms with Gasteiger partial charge in [-0.1, -0.05) is 43.5 Å². The van der Waals surface area contributed by atoms with Crippen LogP contribution in [0.3, 0.4) is 0 Å². The van der Waals surface area contributed by atoms with Gasteiger partial charge < -0.3 is 5.11 Å². The summed E-state index contributed by atoms with van der Waals surface area (Å²) in [6, 6.07) is 7.09. The molecule has 0 aromatic heterocycles. The molecule has 1 aromatic rings. The normalized spacial score (nSPS) is 23.7. The standard InChI is InChI=1S/C22H33FN2O/c23-21-10-8-19(9-11-21)7-4-13-24-14-15-25(22(18-24)12-16-26)17-20-5-2-1-3-6-20/h4,7-11,20,22,26H,1-3,5-6,12-18H2/b7-4+. The molecular formula is C22H33FN2O. The van der Waals surface area contributed by atoms with E-state index in [1.807, 2.05) is 12.1 Å². The van der Waals surface area contributed by atoms with E-state index < -0.39 is 0 Å². The molecule has 1 aromatic carbocycles. The summed E-state index contributed by atoms with van der Waals surface area (Å²) in [5.41, 5.74) is 1.04. The number of piperazine rings is 1. The van der Waals surface area contributed by atoms with Crippen molar-refractivity contribution < 1.29 is 9.50 Å². The van der Waals surface area contributed by atoms with Crippen LogP contribution >= 0.6 is 0 Å². The van der Waals surface area contributed by atoms with Crippen molar-refractivity contribution in [2.45, 2.75) is 44.6 Å². The third kappa shape index (κ3) is 5.90. The summed E-state index contributed by atoms with van der Waals surface area (Å²) in [5, 5.41) is 9.49. The van der Waals surface area contributed by atoms with E-state index in [2.05, 4.69) is 22.0 Å². The van der Waals surface area contributed by atoms with Crippen molar-refractivity contribution in [1.82, 2.24) is 9.80 Å². The Bertz CT molecular complexity index is 554. The molecule has 2 aliphatic rings. The zero-order chi connectivity index (χ0) is 18.2. The van der Waals surface area contributed by atoms with Crippen LogP contribution in [0, 0.1) is 11.7 Å². The molecule has 1 aliphatic carbocycles. The molecular weight excluding hydrogens is 327 g/mol. The number of hydrogen-bond donors (Lipinski definition) is 1. The van der Waals surface area contributed by atoms with Crippen molar-refractivity contribution in [2.24, 2.45) is 5.92 Å². The third-order valence-electron chi connectivity index (χ3n) is 5.91. The maximum absolute atomic E-state index is 13.0. The fraction of sp³-hybridized carbons (Fsp3) is 0.636. The van der Waals surface area contributed by atoms with Crippen LogP contribution in [-0.4, -0.2) is 60.3 Å². The van der Waals surface area contributed by atoms with Gasteiger partial charge in [-0.2, -0.15) is 0 Å². The van der Waals surface area contributed by atoms with E-state index in [4.69, 9.17) is 0 Å². The van der Waals surface area contributed by atoms with E-state index in [9.17, 15) is 9.50 Å². The molecule has 26 heavy (non-hydrogen) atoms. The first-order chi connectivity index (χ1) is 12.7. The summed E-state index contributed by atoms with van der Waals surface area (Å²) in [6.07, 6.45) is 12.1. The van der Waals surface area contributed by atoms with Crippen molar-refractivity contribution >= 4 is 6.08 Å². The van der Waals surface area contributed by atoms with Gasteiger partial charge >= 0.3 is 0 Å². The van der Waals surface area contributed by atoms with Gasteiger partial charge in [-0.05, 0) is 42.9 Å². The number of aliphatic hydroxyl groups is 1. The highest BCUT2D eigenvalue weighted by Gasteiger charge is 2.28. The number of halogens is 1. The van der Waals surface area contributed by atoms with E-state index >= 15 is 0 Å². The molecule has 3 nitrogen and oxygen atoms in total. The lowest BCUT2D eigenvalue weighted by molar-refractivity contribution is 0.0485. The summed E-state index contributed by atoms with van der Waals surface area (Å²) >= 11 is 0. The molecule has 1 aliphatic heterocycles. The lowest BCUT2D eigenvalue weighted by Gasteiger charge is -2.43. The molecule has 1 N–H and O–H groups in total. The summed E-state index contributed by atoms with van der Waals surface area (Å²) in [5.74, 6) is 0.665. The van der Waals surface area contributed by atoms with Gasteiger partial charge in [0.05, 0.1) is 0 Å². The highest BCUT2D eigenvalue weighted by atomic mass is 19.1. The molecule has 0 spiro atoms. The van der Waals surface area contributed by atoms with Crippen LogP contribution in [-0.2, 0) is 0 Å². The minimum Gasteiger partial charge on any atom is -0.396 e. The molecule has 1 atom stereocenters. The molecule has 1 saturated carbocycles. The second kappa shape index (κ2) is 10.2. The Balaban J connectivity index is 1.49. The Morgan fingerprint density at radius 2 is 1.85 bits per heavy atom. The first-order valence-corrected chi connectivity index (χ1v) is 10.2. The minimum absolute atomic E-state index is 0.192. The van der Waals surface area contributed by atoms with Crippen molar-refractivity contribution in [2.75, 3.05) is 39.3 Å². The molecule has 1 unspecified atom stereocenters. The number of rotatable bonds is 7. The summed E-state index contributed by atoms with van der Waals surface area (Å²) in [6.45, 7) is 5.61. The topological polar surface area (TPSA) is 26.7 Å². The Hall–Kier alpha value is -1.23.